The number of aliphatic hydroxyl groups is 1. The number of halogens is 2. The molecule has 0 unspecified atom stereocenters. The molecule has 3 aromatic heterocycles. The van der Waals surface area contributed by atoms with Crippen molar-refractivity contribution >= 4 is 48.4 Å². The Balaban J connectivity index is 1.67. The van der Waals surface area contributed by atoms with E-state index in [-0.39, 0.29) is 12.6 Å². The van der Waals surface area contributed by atoms with Gasteiger partial charge in [-0.2, -0.15) is 9.98 Å². The van der Waals surface area contributed by atoms with Crippen molar-refractivity contribution in [2.45, 2.75) is 45.9 Å². The zero-order chi connectivity index (χ0) is 27.3. The Labute approximate surface area is 235 Å². The third kappa shape index (κ3) is 7.92. The molecule has 0 bridgehead atoms. The van der Waals surface area contributed by atoms with Gasteiger partial charge in [0.25, 0.3) is 0 Å². The third-order valence-corrected chi connectivity index (χ3v) is 8.47. The first kappa shape index (κ1) is 28.3. The molecule has 0 amide bonds. The minimum atomic E-state index is -1.22. The van der Waals surface area contributed by atoms with Crippen LogP contribution in [0.25, 0.3) is 10.6 Å². The number of aliphatic hydroxyl groups excluding tert-OH is 1. The van der Waals surface area contributed by atoms with Gasteiger partial charge in [-0.15, -0.1) is 0 Å². The molecule has 38 heavy (non-hydrogen) atoms. The molecule has 3 heterocycles. The lowest BCUT2D eigenvalue weighted by Gasteiger charge is -2.15. The van der Waals surface area contributed by atoms with Gasteiger partial charge in [0.15, 0.2) is 10.6 Å². The number of benzene rings is 1. The molecule has 0 fully saturated rings. The SMILES string of the molecule is Cc1cc(-c2cn(COCC[Si](C)(C)C)c(=Nc3cnc(CO)cn3)s2)nc(Oc2ccc(Cl)cc2Cl)n1. The van der Waals surface area contributed by atoms with E-state index in [0.29, 0.717) is 51.1 Å². The van der Waals surface area contributed by atoms with Crippen LogP contribution in [0.15, 0.2) is 47.8 Å². The summed E-state index contributed by atoms with van der Waals surface area (Å²) in [5.74, 6) is 0.831. The molecule has 0 aliphatic carbocycles. The van der Waals surface area contributed by atoms with Crippen LogP contribution >= 0.6 is 34.5 Å². The fourth-order valence-electron chi connectivity index (χ4n) is 3.17. The molecule has 4 rings (SSSR count). The van der Waals surface area contributed by atoms with Gasteiger partial charge >= 0.3 is 6.01 Å². The molecule has 0 saturated heterocycles. The zero-order valence-corrected chi connectivity index (χ0v) is 24.8. The normalized spacial score (nSPS) is 12.2. The Morgan fingerprint density at radius 1 is 1.11 bits per heavy atom. The molecule has 0 spiro atoms. The summed E-state index contributed by atoms with van der Waals surface area (Å²) in [6.45, 7) is 9.63. The summed E-state index contributed by atoms with van der Waals surface area (Å²) in [4.78, 5) is 23.7. The molecule has 1 N–H and O–H groups in total. The molecule has 1 aromatic carbocycles. The van der Waals surface area contributed by atoms with E-state index in [2.05, 4.69) is 44.6 Å². The summed E-state index contributed by atoms with van der Waals surface area (Å²) in [6, 6.07) is 8.06. The van der Waals surface area contributed by atoms with Crippen LogP contribution in [-0.2, 0) is 18.1 Å². The van der Waals surface area contributed by atoms with Crippen molar-refractivity contribution in [3.05, 3.63) is 69.1 Å². The molecule has 4 aromatic rings. The van der Waals surface area contributed by atoms with Gasteiger partial charge in [0.05, 0.1) is 40.3 Å². The highest BCUT2D eigenvalue weighted by Crippen LogP contribution is 2.31. The van der Waals surface area contributed by atoms with Crippen molar-refractivity contribution in [3.8, 4) is 22.3 Å². The molecule has 0 radical (unpaired) electrons. The van der Waals surface area contributed by atoms with Crippen LogP contribution in [-0.4, -0.2) is 44.3 Å². The van der Waals surface area contributed by atoms with Crippen molar-refractivity contribution in [1.82, 2.24) is 24.5 Å². The number of ether oxygens (including phenoxy) is 2. The maximum Gasteiger partial charge on any atom is 0.322 e. The molecule has 0 saturated carbocycles. The molecular formula is C25H28Cl2N6O3SSi. The average Bonchev–Trinajstić information content (AvgIpc) is 3.26. The Hall–Kier alpha value is -2.67. The van der Waals surface area contributed by atoms with E-state index in [1.807, 2.05) is 23.8 Å². The fourth-order valence-corrected chi connectivity index (χ4v) is 5.33. The Morgan fingerprint density at radius 2 is 1.92 bits per heavy atom. The largest absolute Gasteiger partial charge is 0.423 e. The summed E-state index contributed by atoms with van der Waals surface area (Å²) in [7, 11) is -1.22. The van der Waals surface area contributed by atoms with Crippen LogP contribution in [0.1, 0.15) is 11.4 Å². The maximum atomic E-state index is 9.25. The summed E-state index contributed by atoms with van der Waals surface area (Å²) in [6.07, 6.45) is 4.97. The van der Waals surface area contributed by atoms with Gasteiger partial charge in [0.1, 0.15) is 12.5 Å². The highest BCUT2D eigenvalue weighted by Gasteiger charge is 2.15. The minimum absolute atomic E-state index is 0.166. The predicted molar refractivity (Wildman–Crippen MR) is 152 cm³/mol. The zero-order valence-electron chi connectivity index (χ0n) is 21.5. The number of hydrogen-bond acceptors (Lipinski definition) is 9. The lowest BCUT2D eigenvalue weighted by Crippen LogP contribution is -2.23. The van der Waals surface area contributed by atoms with E-state index >= 15 is 0 Å². The molecule has 0 aliphatic heterocycles. The first-order valence-corrected chi connectivity index (χ1v) is 17.1. The number of rotatable bonds is 10. The second-order valence-corrected chi connectivity index (χ2v) is 17.2. The van der Waals surface area contributed by atoms with Crippen molar-refractivity contribution < 1.29 is 14.6 Å². The maximum absolute atomic E-state index is 9.25. The smallest absolute Gasteiger partial charge is 0.322 e. The first-order valence-electron chi connectivity index (χ1n) is 11.8. The number of aryl methyl sites for hydroxylation is 1. The van der Waals surface area contributed by atoms with Gasteiger partial charge in [-0.3, -0.25) is 9.55 Å². The molecular weight excluding hydrogens is 563 g/mol. The van der Waals surface area contributed by atoms with Crippen LogP contribution in [0.4, 0.5) is 5.82 Å². The van der Waals surface area contributed by atoms with Gasteiger partial charge in [-0.1, -0.05) is 54.2 Å². The topological polar surface area (TPSA) is 108 Å². The van der Waals surface area contributed by atoms with Crippen molar-refractivity contribution in [1.29, 1.82) is 0 Å². The monoisotopic (exact) mass is 590 g/mol. The quantitative estimate of drug-likeness (QED) is 0.172. The summed E-state index contributed by atoms with van der Waals surface area (Å²) in [5.41, 5.74) is 1.87. The van der Waals surface area contributed by atoms with E-state index in [4.69, 9.17) is 32.7 Å². The second-order valence-electron chi connectivity index (χ2n) is 9.69. The first-order chi connectivity index (χ1) is 18.1. The van der Waals surface area contributed by atoms with Gasteiger partial charge < -0.3 is 14.6 Å². The molecule has 9 nitrogen and oxygen atoms in total. The van der Waals surface area contributed by atoms with Crippen molar-refractivity contribution in [2.24, 2.45) is 4.99 Å². The van der Waals surface area contributed by atoms with E-state index in [9.17, 15) is 5.11 Å². The molecule has 0 aliphatic rings. The Morgan fingerprint density at radius 3 is 2.61 bits per heavy atom. The van der Waals surface area contributed by atoms with Crippen LogP contribution in [0.5, 0.6) is 11.8 Å². The lowest BCUT2D eigenvalue weighted by atomic mass is 10.3. The highest BCUT2D eigenvalue weighted by atomic mass is 35.5. The van der Waals surface area contributed by atoms with Crippen molar-refractivity contribution in [3.63, 3.8) is 0 Å². The number of hydrogen-bond donors (Lipinski definition) is 1. The Kier molecular flexibility index (Phi) is 9.29. The fraction of sp³-hybridized carbons (Fsp3) is 0.320. The van der Waals surface area contributed by atoms with E-state index in [0.717, 1.165) is 16.6 Å². The second kappa shape index (κ2) is 12.5. The predicted octanol–water partition coefficient (Wildman–Crippen LogP) is 6.24. The summed E-state index contributed by atoms with van der Waals surface area (Å²) >= 11 is 13.7. The summed E-state index contributed by atoms with van der Waals surface area (Å²) < 4.78 is 13.8. The molecule has 0 atom stereocenters. The average molecular weight is 592 g/mol. The molecule has 200 valence electrons. The molecule has 13 heteroatoms. The van der Waals surface area contributed by atoms with Crippen LogP contribution in [0, 0.1) is 6.92 Å². The van der Waals surface area contributed by atoms with Gasteiger partial charge in [0.2, 0.25) is 0 Å². The summed E-state index contributed by atoms with van der Waals surface area (Å²) in [5, 5.41) is 10.1. The van der Waals surface area contributed by atoms with Crippen molar-refractivity contribution in [2.75, 3.05) is 6.61 Å². The standard InChI is InChI=1S/C25H28Cl2N6O3SSi/c1-16-9-20(31-24(30-16)36-21-6-5-17(26)10-19(21)27)22-13-33(15-35-7-8-38(2,3)4)25(37-22)32-23-12-28-18(14-34)11-29-23/h5-6,9-13,34H,7-8,14-15H2,1-4H3. The number of thiazole rings is 1. The number of nitrogens with zero attached hydrogens (tertiary/aromatic N) is 6. The van der Waals surface area contributed by atoms with Gasteiger partial charge in [0, 0.05) is 31.6 Å². The van der Waals surface area contributed by atoms with Gasteiger partial charge in [-0.05, 0) is 37.2 Å². The van der Waals surface area contributed by atoms with Crippen LogP contribution in [0.2, 0.25) is 35.7 Å². The van der Waals surface area contributed by atoms with Crippen LogP contribution in [0.3, 0.4) is 0 Å². The van der Waals surface area contributed by atoms with E-state index in [1.54, 1.807) is 18.2 Å². The third-order valence-electron chi connectivity index (χ3n) is 5.19. The van der Waals surface area contributed by atoms with Crippen LogP contribution < -0.4 is 9.54 Å². The van der Waals surface area contributed by atoms with E-state index in [1.165, 1.54) is 23.7 Å². The Bertz CT molecular complexity index is 1470. The van der Waals surface area contributed by atoms with E-state index < -0.39 is 8.07 Å². The minimum Gasteiger partial charge on any atom is -0.423 e. The lowest BCUT2D eigenvalue weighted by molar-refractivity contribution is 0.0855. The van der Waals surface area contributed by atoms with Gasteiger partial charge in [-0.25, -0.2) is 9.97 Å². The number of aromatic nitrogens is 5. The highest BCUT2D eigenvalue weighted by molar-refractivity contribution is 7.12.